The molecule has 1 N–H and O–H groups in total. The van der Waals surface area contributed by atoms with Crippen molar-refractivity contribution >= 4 is 11.3 Å². The van der Waals surface area contributed by atoms with Gasteiger partial charge in [0.25, 0.3) is 0 Å². The van der Waals surface area contributed by atoms with Crippen LogP contribution in [0.1, 0.15) is 29.5 Å². The van der Waals surface area contributed by atoms with Crippen LogP contribution in [0.5, 0.6) is 0 Å². The lowest BCUT2D eigenvalue weighted by Crippen LogP contribution is -2.30. The highest BCUT2D eigenvalue weighted by atomic mass is 32.1. The molecule has 16 heavy (non-hydrogen) atoms. The molecule has 0 aliphatic heterocycles. The van der Waals surface area contributed by atoms with Gasteiger partial charge in [0.2, 0.25) is 0 Å². The standard InChI is InChI=1S/C13H22N2S/c1-3-12-6-7-13(16-12)10-14-8-9-15(2)11-4-5-11/h6-7,11,14H,3-5,8-10H2,1-2H3. The summed E-state index contributed by atoms with van der Waals surface area (Å²) in [5.41, 5.74) is 0. The summed E-state index contributed by atoms with van der Waals surface area (Å²) in [7, 11) is 2.24. The topological polar surface area (TPSA) is 15.3 Å². The average molecular weight is 238 g/mol. The van der Waals surface area contributed by atoms with Crippen LogP contribution in [0.15, 0.2) is 12.1 Å². The van der Waals surface area contributed by atoms with Crippen molar-refractivity contribution in [1.82, 2.24) is 10.2 Å². The molecule has 0 bridgehead atoms. The molecule has 1 aliphatic carbocycles. The molecule has 0 unspecified atom stereocenters. The van der Waals surface area contributed by atoms with Crippen LogP contribution in [0, 0.1) is 0 Å². The highest BCUT2D eigenvalue weighted by Gasteiger charge is 2.25. The number of aryl methyl sites for hydroxylation is 1. The number of hydrogen-bond donors (Lipinski definition) is 1. The Morgan fingerprint density at radius 1 is 1.38 bits per heavy atom. The number of rotatable bonds is 7. The summed E-state index contributed by atoms with van der Waals surface area (Å²) >= 11 is 1.93. The second-order valence-electron chi connectivity index (χ2n) is 4.61. The van der Waals surface area contributed by atoms with Crippen molar-refractivity contribution in [3.63, 3.8) is 0 Å². The Labute approximate surface area is 103 Å². The van der Waals surface area contributed by atoms with Crippen LogP contribution in [0.2, 0.25) is 0 Å². The molecule has 0 aromatic carbocycles. The zero-order chi connectivity index (χ0) is 11.4. The summed E-state index contributed by atoms with van der Waals surface area (Å²) in [6, 6.07) is 5.38. The normalized spacial score (nSPS) is 15.9. The summed E-state index contributed by atoms with van der Waals surface area (Å²) in [6.45, 7) is 5.53. The highest BCUT2D eigenvalue weighted by Crippen LogP contribution is 2.24. The fourth-order valence-electron chi connectivity index (χ4n) is 1.87. The van der Waals surface area contributed by atoms with Crippen molar-refractivity contribution in [2.45, 2.75) is 38.8 Å². The van der Waals surface area contributed by atoms with E-state index in [0.29, 0.717) is 0 Å². The Kier molecular flexibility index (Phi) is 4.38. The minimum Gasteiger partial charge on any atom is -0.311 e. The van der Waals surface area contributed by atoms with Crippen molar-refractivity contribution in [2.24, 2.45) is 0 Å². The average Bonchev–Trinajstić information content (AvgIpc) is 3.04. The molecule has 2 rings (SSSR count). The maximum atomic E-state index is 3.52. The third-order valence-electron chi connectivity index (χ3n) is 3.18. The summed E-state index contributed by atoms with van der Waals surface area (Å²) < 4.78 is 0. The summed E-state index contributed by atoms with van der Waals surface area (Å²) in [6.07, 6.45) is 3.97. The van der Waals surface area contributed by atoms with E-state index in [1.807, 2.05) is 11.3 Å². The van der Waals surface area contributed by atoms with Gasteiger partial charge in [-0.05, 0) is 38.4 Å². The second kappa shape index (κ2) is 5.80. The van der Waals surface area contributed by atoms with Crippen molar-refractivity contribution in [1.29, 1.82) is 0 Å². The predicted molar refractivity (Wildman–Crippen MR) is 71.1 cm³/mol. The maximum Gasteiger partial charge on any atom is 0.0300 e. The molecule has 1 saturated carbocycles. The van der Waals surface area contributed by atoms with E-state index in [1.54, 1.807) is 0 Å². The largest absolute Gasteiger partial charge is 0.311 e. The Hall–Kier alpha value is -0.380. The lowest BCUT2D eigenvalue weighted by atomic mass is 10.3. The Bertz CT molecular complexity index is 317. The fourth-order valence-corrected chi connectivity index (χ4v) is 2.80. The lowest BCUT2D eigenvalue weighted by Gasteiger charge is -2.15. The van der Waals surface area contributed by atoms with Crippen molar-refractivity contribution in [3.05, 3.63) is 21.9 Å². The van der Waals surface area contributed by atoms with E-state index >= 15 is 0 Å². The second-order valence-corrected chi connectivity index (χ2v) is 5.86. The molecule has 1 aliphatic rings. The van der Waals surface area contributed by atoms with Gasteiger partial charge in [-0.2, -0.15) is 0 Å². The van der Waals surface area contributed by atoms with Gasteiger partial charge in [0.1, 0.15) is 0 Å². The summed E-state index contributed by atoms with van der Waals surface area (Å²) in [5.74, 6) is 0. The molecule has 2 nitrogen and oxygen atoms in total. The molecule has 1 fully saturated rings. The first-order chi connectivity index (χ1) is 7.79. The molecule has 0 spiro atoms. The first-order valence-corrected chi connectivity index (χ1v) is 7.09. The van der Waals surface area contributed by atoms with E-state index in [-0.39, 0.29) is 0 Å². The summed E-state index contributed by atoms with van der Waals surface area (Å²) in [4.78, 5) is 5.43. The highest BCUT2D eigenvalue weighted by molar-refractivity contribution is 7.11. The van der Waals surface area contributed by atoms with Crippen LogP contribution in [-0.4, -0.2) is 31.1 Å². The minimum atomic E-state index is 0.884. The van der Waals surface area contributed by atoms with Crippen LogP contribution in [0.3, 0.4) is 0 Å². The lowest BCUT2D eigenvalue weighted by molar-refractivity contribution is 0.322. The molecule has 1 aromatic heterocycles. The van der Waals surface area contributed by atoms with Gasteiger partial charge in [-0.15, -0.1) is 11.3 Å². The van der Waals surface area contributed by atoms with Crippen LogP contribution >= 0.6 is 11.3 Å². The van der Waals surface area contributed by atoms with Crippen LogP contribution in [-0.2, 0) is 13.0 Å². The van der Waals surface area contributed by atoms with Gasteiger partial charge in [0, 0.05) is 35.4 Å². The maximum absolute atomic E-state index is 3.52. The molecule has 3 heteroatoms. The van der Waals surface area contributed by atoms with Gasteiger partial charge in [0.05, 0.1) is 0 Å². The molecular formula is C13H22N2S. The molecule has 0 amide bonds. The SMILES string of the molecule is CCc1ccc(CNCCN(C)C2CC2)s1. The van der Waals surface area contributed by atoms with Gasteiger partial charge in [-0.1, -0.05) is 6.92 Å². The van der Waals surface area contributed by atoms with E-state index in [9.17, 15) is 0 Å². The predicted octanol–water partition coefficient (Wildman–Crippen LogP) is 2.49. The zero-order valence-corrected chi connectivity index (χ0v) is 11.1. The van der Waals surface area contributed by atoms with Gasteiger partial charge >= 0.3 is 0 Å². The van der Waals surface area contributed by atoms with Gasteiger partial charge in [-0.3, -0.25) is 0 Å². The Morgan fingerprint density at radius 3 is 2.75 bits per heavy atom. The Balaban J connectivity index is 1.60. The van der Waals surface area contributed by atoms with Crippen LogP contribution in [0.4, 0.5) is 0 Å². The quantitative estimate of drug-likeness (QED) is 0.734. The van der Waals surface area contributed by atoms with E-state index in [2.05, 4.69) is 36.3 Å². The van der Waals surface area contributed by atoms with E-state index < -0.39 is 0 Å². The molecule has 90 valence electrons. The molecule has 0 radical (unpaired) electrons. The van der Waals surface area contributed by atoms with Crippen molar-refractivity contribution in [2.75, 3.05) is 20.1 Å². The number of nitrogens with one attached hydrogen (secondary N) is 1. The van der Waals surface area contributed by atoms with Gasteiger partial charge < -0.3 is 10.2 Å². The third kappa shape index (κ3) is 3.58. The first kappa shape index (κ1) is 12.1. The van der Waals surface area contributed by atoms with Gasteiger partial charge in [-0.25, -0.2) is 0 Å². The van der Waals surface area contributed by atoms with Crippen LogP contribution < -0.4 is 5.32 Å². The third-order valence-corrected chi connectivity index (χ3v) is 4.41. The molecule has 0 atom stereocenters. The van der Waals surface area contributed by atoms with Crippen LogP contribution in [0.25, 0.3) is 0 Å². The van der Waals surface area contributed by atoms with Crippen molar-refractivity contribution in [3.8, 4) is 0 Å². The molecule has 1 aromatic rings. The molecule has 1 heterocycles. The molecular weight excluding hydrogens is 216 g/mol. The minimum absolute atomic E-state index is 0.884. The first-order valence-electron chi connectivity index (χ1n) is 6.28. The van der Waals surface area contributed by atoms with Gasteiger partial charge in [0.15, 0.2) is 0 Å². The van der Waals surface area contributed by atoms with E-state index in [1.165, 1.54) is 29.1 Å². The Morgan fingerprint density at radius 2 is 2.12 bits per heavy atom. The smallest absolute Gasteiger partial charge is 0.0300 e. The monoisotopic (exact) mass is 238 g/mol. The van der Waals surface area contributed by atoms with E-state index in [0.717, 1.165) is 25.6 Å². The van der Waals surface area contributed by atoms with Crippen molar-refractivity contribution < 1.29 is 0 Å². The van der Waals surface area contributed by atoms with E-state index in [4.69, 9.17) is 0 Å². The number of nitrogens with zero attached hydrogens (tertiary/aromatic N) is 1. The number of likely N-dealkylation sites (N-methyl/N-ethyl adjacent to an activating group) is 1. The fraction of sp³-hybridized carbons (Fsp3) is 0.692. The number of thiophene rings is 1. The molecule has 0 saturated heterocycles. The summed E-state index contributed by atoms with van der Waals surface area (Å²) in [5, 5.41) is 3.52. The zero-order valence-electron chi connectivity index (χ0n) is 10.3. The number of hydrogen-bond acceptors (Lipinski definition) is 3.